The first kappa shape index (κ1) is 12.2. The molecule has 2 unspecified atom stereocenters. The zero-order chi connectivity index (χ0) is 12.5. The van der Waals surface area contributed by atoms with E-state index in [1.165, 1.54) is 0 Å². The van der Waals surface area contributed by atoms with Gasteiger partial charge in [-0.3, -0.25) is 4.79 Å². The van der Waals surface area contributed by atoms with Gasteiger partial charge in [-0.05, 0) is 18.8 Å². The van der Waals surface area contributed by atoms with Crippen LogP contribution in [-0.4, -0.2) is 33.2 Å². The molecule has 0 heterocycles. The van der Waals surface area contributed by atoms with Crippen molar-refractivity contribution < 1.29 is 29.7 Å². The summed E-state index contributed by atoms with van der Waals surface area (Å²) in [6.07, 6.45) is 0.470. The van der Waals surface area contributed by atoms with Crippen molar-refractivity contribution in [1.29, 1.82) is 0 Å². The summed E-state index contributed by atoms with van der Waals surface area (Å²) in [6, 6.07) is 0. The Morgan fingerprint density at radius 2 is 1.69 bits per heavy atom. The molecule has 0 bridgehead atoms. The molecule has 1 aliphatic carbocycles. The summed E-state index contributed by atoms with van der Waals surface area (Å²) >= 11 is 0. The van der Waals surface area contributed by atoms with E-state index in [2.05, 4.69) is 0 Å². The summed E-state index contributed by atoms with van der Waals surface area (Å²) in [5, 5.41) is 26.7. The summed E-state index contributed by atoms with van der Waals surface area (Å²) < 4.78 is 0. The molecule has 0 aromatic carbocycles. The van der Waals surface area contributed by atoms with Crippen LogP contribution in [0.25, 0.3) is 0 Å². The Labute approximate surface area is 91.2 Å². The highest BCUT2D eigenvalue weighted by Crippen LogP contribution is 2.35. The number of rotatable bonds is 3. The van der Waals surface area contributed by atoms with Crippen molar-refractivity contribution in [3.63, 3.8) is 0 Å². The van der Waals surface area contributed by atoms with Gasteiger partial charge in [-0.25, -0.2) is 9.59 Å². The van der Waals surface area contributed by atoms with Crippen molar-refractivity contribution in [1.82, 2.24) is 0 Å². The van der Waals surface area contributed by atoms with Gasteiger partial charge < -0.3 is 15.3 Å². The van der Waals surface area contributed by atoms with Gasteiger partial charge in [-0.2, -0.15) is 0 Å². The van der Waals surface area contributed by atoms with Crippen LogP contribution in [0.5, 0.6) is 0 Å². The molecule has 0 aromatic rings. The second-order valence-corrected chi connectivity index (χ2v) is 3.83. The van der Waals surface area contributed by atoms with Crippen molar-refractivity contribution in [2.75, 3.05) is 0 Å². The summed E-state index contributed by atoms with van der Waals surface area (Å²) in [5.74, 6) is -5.71. The van der Waals surface area contributed by atoms with E-state index < -0.39 is 29.4 Å². The molecule has 6 heteroatoms. The first-order chi connectivity index (χ1) is 7.36. The largest absolute Gasteiger partial charge is 0.481 e. The van der Waals surface area contributed by atoms with Gasteiger partial charge in [0.25, 0.3) is 0 Å². The van der Waals surface area contributed by atoms with Crippen molar-refractivity contribution in [3.05, 3.63) is 11.1 Å². The van der Waals surface area contributed by atoms with E-state index in [0.717, 1.165) is 0 Å². The first-order valence-corrected chi connectivity index (χ1v) is 4.78. The fraction of sp³-hybridized carbons (Fsp3) is 0.500. The summed E-state index contributed by atoms with van der Waals surface area (Å²) in [4.78, 5) is 32.7. The van der Waals surface area contributed by atoms with Crippen LogP contribution in [0.2, 0.25) is 0 Å². The van der Waals surface area contributed by atoms with Crippen LogP contribution in [0.3, 0.4) is 0 Å². The second-order valence-electron chi connectivity index (χ2n) is 3.83. The average Bonchev–Trinajstić information content (AvgIpc) is 2.15. The molecule has 0 saturated carbocycles. The number of carbonyl (C=O) groups is 3. The number of aliphatic carboxylic acids is 3. The van der Waals surface area contributed by atoms with Crippen molar-refractivity contribution in [2.24, 2.45) is 11.8 Å². The number of hydrogen-bond donors (Lipinski definition) is 3. The van der Waals surface area contributed by atoms with Crippen molar-refractivity contribution >= 4 is 17.9 Å². The van der Waals surface area contributed by atoms with Crippen LogP contribution in [-0.2, 0) is 14.4 Å². The minimum atomic E-state index is -1.46. The Balaban J connectivity index is 3.32. The predicted octanol–water partition coefficient (Wildman–Crippen LogP) is 0.583. The predicted molar refractivity (Wildman–Crippen MR) is 51.8 cm³/mol. The van der Waals surface area contributed by atoms with Gasteiger partial charge in [0.1, 0.15) is 0 Å². The Kier molecular flexibility index (Phi) is 3.31. The van der Waals surface area contributed by atoms with Crippen LogP contribution < -0.4 is 0 Å². The van der Waals surface area contributed by atoms with Crippen LogP contribution in [0.4, 0.5) is 0 Å². The molecule has 16 heavy (non-hydrogen) atoms. The van der Waals surface area contributed by atoms with Crippen molar-refractivity contribution in [2.45, 2.75) is 19.8 Å². The number of carboxylic acids is 3. The molecule has 0 spiro atoms. The molecule has 3 N–H and O–H groups in total. The Hall–Kier alpha value is -1.85. The molecule has 0 amide bonds. The molecule has 0 aromatic heterocycles. The molecule has 0 aliphatic heterocycles. The van der Waals surface area contributed by atoms with Crippen LogP contribution >= 0.6 is 0 Å². The summed E-state index contributed by atoms with van der Waals surface area (Å²) in [5.41, 5.74) is -0.781. The van der Waals surface area contributed by atoms with E-state index in [1.807, 2.05) is 0 Å². The summed E-state index contributed by atoms with van der Waals surface area (Å²) in [6.45, 7) is 1.61. The van der Waals surface area contributed by atoms with E-state index in [0.29, 0.717) is 6.42 Å². The van der Waals surface area contributed by atoms with Crippen LogP contribution in [0.15, 0.2) is 11.1 Å². The lowest BCUT2D eigenvalue weighted by molar-refractivity contribution is -0.146. The van der Waals surface area contributed by atoms with Gasteiger partial charge in [0, 0.05) is 5.57 Å². The average molecular weight is 228 g/mol. The van der Waals surface area contributed by atoms with Gasteiger partial charge in [-0.1, -0.05) is 6.92 Å². The molecule has 88 valence electrons. The molecule has 1 rings (SSSR count). The van der Waals surface area contributed by atoms with Crippen LogP contribution in [0.1, 0.15) is 19.8 Å². The highest BCUT2D eigenvalue weighted by molar-refractivity contribution is 6.03. The van der Waals surface area contributed by atoms with E-state index in [9.17, 15) is 14.4 Å². The highest BCUT2D eigenvalue weighted by atomic mass is 16.4. The van der Waals surface area contributed by atoms with Gasteiger partial charge >= 0.3 is 17.9 Å². The van der Waals surface area contributed by atoms with Gasteiger partial charge in [0.05, 0.1) is 11.5 Å². The molecular formula is C10H12O6. The molecule has 6 nitrogen and oxygen atoms in total. The highest BCUT2D eigenvalue weighted by Gasteiger charge is 2.39. The van der Waals surface area contributed by atoms with Gasteiger partial charge in [0.15, 0.2) is 0 Å². The third kappa shape index (κ3) is 2.05. The molecule has 0 saturated heterocycles. The Morgan fingerprint density at radius 1 is 1.12 bits per heavy atom. The fourth-order valence-corrected chi connectivity index (χ4v) is 2.00. The third-order valence-electron chi connectivity index (χ3n) is 2.81. The lowest BCUT2D eigenvalue weighted by atomic mass is 9.76. The SMILES string of the molecule is CC1CCC(C(=O)O)=C(C(=O)O)C1C(=O)O. The lowest BCUT2D eigenvalue weighted by Crippen LogP contribution is -2.33. The molecule has 0 radical (unpaired) electrons. The Bertz CT molecular complexity index is 381. The zero-order valence-electron chi connectivity index (χ0n) is 8.64. The fourth-order valence-electron chi connectivity index (χ4n) is 2.00. The smallest absolute Gasteiger partial charge is 0.333 e. The molecule has 1 aliphatic rings. The second kappa shape index (κ2) is 4.34. The van der Waals surface area contributed by atoms with E-state index in [-0.39, 0.29) is 17.9 Å². The minimum absolute atomic E-state index is 0.0991. The summed E-state index contributed by atoms with van der Waals surface area (Å²) in [7, 11) is 0. The molecule has 0 fully saturated rings. The quantitative estimate of drug-likeness (QED) is 0.651. The Morgan fingerprint density at radius 3 is 2.06 bits per heavy atom. The molecule has 2 atom stereocenters. The standard InChI is InChI=1S/C10H12O6/c1-4-2-3-5(8(11)12)7(10(15)16)6(4)9(13)14/h4,6H,2-3H2,1H3,(H,11,12)(H,13,14)(H,15,16). The maximum Gasteiger partial charge on any atom is 0.333 e. The number of hydrogen-bond acceptors (Lipinski definition) is 3. The minimum Gasteiger partial charge on any atom is -0.481 e. The third-order valence-corrected chi connectivity index (χ3v) is 2.81. The topological polar surface area (TPSA) is 112 Å². The molecular weight excluding hydrogens is 216 g/mol. The lowest BCUT2D eigenvalue weighted by Gasteiger charge is -2.27. The first-order valence-electron chi connectivity index (χ1n) is 4.78. The normalized spacial score (nSPS) is 25.3. The van der Waals surface area contributed by atoms with E-state index in [1.54, 1.807) is 6.92 Å². The van der Waals surface area contributed by atoms with Gasteiger partial charge in [-0.15, -0.1) is 0 Å². The van der Waals surface area contributed by atoms with Crippen molar-refractivity contribution in [3.8, 4) is 0 Å². The zero-order valence-corrected chi connectivity index (χ0v) is 8.64. The number of carboxylic acid groups (broad SMARTS) is 3. The van der Waals surface area contributed by atoms with E-state index >= 15 is 0 Å². The van der Waals surface area contributed by atoms with Crippen LogP contribution in [0, 0.1) is 11.8 Å². The van der Waals surface area contributed by atoms with E-state index in [4.69, 9.17) is 15.3 Å². The van der Waals surface area contributed by atoms with Gasteiger partial charge in [0.2, 0.25) is 0 Å². The monoisotopic (exact) mass is 228 g/mol. The maximum absolute atomic E-state index is 11.0. The maximum atomic E-state index is 11.0.